The first-order valence-corrected chi connectivity index (χ1v) is 8.08. The molecule has 0 saturated heterocycles. The number of rotatable bonds is 4. The summed E-state index contributed by atoms with van der Waals surface area (Å²) in [5.41, 5.74) is 9.23. The van der Waals surface area contributed by atoms with Crippen molar-refractivity contribution >= 4 is 23.3 Å². The van der Waals surface area contributed by atoms with Crippen LogP contribution in [0, 0.1) is 11.8 Å². The van der Waals surface area contributed by atoms with E-state index in [0.29, 0.717) is 5.69 Å². The molecule has 0 spiro atoms. The average molecular weight is 343 g/mol. The highest BCUT2D eigenvalue weighted by atomic mass is 32.1. The van der Waals surface area contributed by atoms with Crippen LogP contribution in [0.2, 0.25) is 0 Å². The standard InChI is InChI=1S/C17H17N3O3S/c1-11(23-17(18)22)13-5-7-14(8-6-13)16-15(20-10-24-16)4-3-9-19-12(2)21/h5-8,10-11H,9H2,1-2H3,(H2,18,22)(H,19,21)/t11-/m0/s1. The molecule has 0 aliphatic carbocycles. The first kappa shape index (κ1) is 17.5. The van der Waals surface area contributed by atoms with Crippen molar-refractivity contribution in [1.29, 1.82) is 0 Å². The predicted molar refractivity (Wildman–Crippen MR) is 92.2 cm³/mol. The summed E-state index contributed by atoms with van der Waals surface area (Å²) in [4.78, 5) is 26.8. The minimum absolute atomic E-state index is 0.120. The van der Waals surface area contributed by atoms with Crippen molar-refractivity contribution in [3.63, 3.8) is 0 Å². The Bertz CT molecular complexity index is 787. The van der Waals surface area contributed by atoms with E-state index in [1.54, 1.807) is 12.4 Å². The van der Waals surface area contributed by atoms with Crippen LogP contribution in [0.25, 0.3) is 10.4 Å². The van der Waals surface area contributed by atoms with Gasteiger partial charge in [-0.25, -0.2) is 9.78 Å². The lowest BCUT2D eigenvalue weighted by atomic mass is 10.1. The zero-order chi connectivity index (χ0) is 17.5. The minimum Gasteiger partial charge on any atom is -0.442 e. The monoisotopic (exact) mass is 343 g/mol. The number of ether oxygens (including phenoxy) is 1. The topological polar surface area (TPSA) is 94.3 Å². The third kappa shape index (κ3) is 4.83. The number of aromatic nitrogens is 1. The van der Waals surface area contributed by atoms with Crippen molar-refractivity contribution < 1.29 is 14.3 Å². The molecule has 0 fully saturated rings. The zero-order valence-electron chi connectivity index (χ0n) is 13.3. The van der Waals surface area contributed by atoms with Crippen molar-refractivity contribution in [2.24, 2.45) is 5.73 Å². The van der Waals surface area contributed by atoms with Gasteiger partial charge in [0.05, 0.1) is 16.9 Å². The molecule has 1 aromatic carbocycles. The summed E-state index contributed by atoms with van der Waals surface area (Å²) in [6.07, 6.45) is -1.21. The maximum atomic E-state index is 10.8. The molecule has 0 unspecified atom stereocenters. The molecule has 24 heavy (non-hydrogen) atoms. The van der Waals surface area contributed by atoms with Gasteiger partial charge >= 0.3 is 6.09 Å². The molecule has 124 valence electrons. The lowest BCUT2D eigenvalue weighted by Gasteiger charge is -2.11. The van der Waals surface area contributed by atoms with Crippen LogP contribution in [0.4, 0.5) is 4.79 Å². The molecule has 2 aromatic rings. The van der Waals surface area contributed by atoms with E-state index < -0.39 is 12.2 Å². The van der Waals surface area contributed by atoms with Crippen molar-refractivity contribution in [1.82, 2.24) is 10.3 Å². The average Bonchev–Trinajstić information content (AvgIpc) is 2.99. The smallest absolute Gasteiger partial charge is 0.405 e. The van der Waals surface area contributed by atoms with E-state index in [0.717, 1.165) is 16.0 Å². The third-order valence-corrected chi connectivity index (χ3v) is 4.01. The van der Waals surface area contributed by atoms with Crippen LogP contribution in [-0.2, 0) is 9.53 Å². The SMILES string of the molecule is CC(=O)NCC#Cc1ncsc1-c1ccc([C@H](C)OC(N)=O)cc1. The van der Waals surface area contributed by atoms with E-state index in [-0.39, 0.29) is 12.5 Å². The zero-order valence-corrected chi connectivity index (χ0v) is 14.1. The molecule has 1 atom stereocenters. The molecule has 2 amide bonds. The molecule has 6 nitrogen and oxygen atoms in total. The van der Waals surface area contributed by atoms with Crippen molar-refractivity contribution in [3.05, 3.63) is 41.0 Å². The van der Waals surface area contributed by atoms with Gasteiger partial charge in [0.1, 0.15) is 11.8 Å². The van der Waals surface area contributed by atoms with Crippen LogP contribution in [0.3, 0.4) is 0 Å². The van der Waals surface area contributed by atoms with Crippen LogP contribution in [-0.4, -0.2) is 23.5 Å². The van der Waals surface area contributed by atoms with Gasteiger partial charge in [0.15, 0.2) is 0 Å². The van der Waals surface area contributed by atoms with Crippen molar-refractivity contribution in [2.75, 3.05) is 6.54 Å². The molecule has 3 N–H and O–H groups in total. The Hall–Kier alpha value is -2.85. The molecule has 0 bridgehead atoms. The summed E-state index contributed by atoms with van der Waals surface area (Å²) >= 11 is 1.49. The van der Waals surface area contributed by atoms with Gasteiger partial charge in [-0.05, 0) is 24.0 Å². The van der Waals surface area contributed by atoms with E-state index in [1.807, 2.05) is 24.3 Å². The van der Waals surface area contributed by atoms with Crippen LogP contribution < -0.4 is 11.1 Å². The van der Waals surface area contributed by atoms with Gasteiger partial charge in [-0.2, -0.15) is 0 Å². The van der Waals surface area contributed by atoms with Gasteiger partial charge < -0.3 is 15.8 Å². The molecule has 0 saturated carbocycles. The van der Waals surface area contributed by atoms with Gasteiger partial charge in [0.2, 0.25) is 5.91 Å². The van der Waals surface area contributed by atoms with Crippen LogP contribution >= 0.6 is 11.3 Å². The highest BCUT2D eigenvalue weighted by Gasteiger charge is 2.11. The fourth-order valence-corrected chi connectivity index (χ4v) is 2.74. The number of carbonyl (C=O) groups is 2. The van der Waals surface area contributed by atoms with Crippen molar-refractivity contribution in [2.45, 2.75) is 20.0 Å². The molecule has 2 rings (SSSR count). The van der Waals surface area contributed by atoms with Gasteiger partial charge in [-0.3, -0.25) is 4.79 Å². The molecule has 0 aliphatic heterocycles. The number of carbonyl (C=O) groups excluding carboxylic acids is 2. The number of nitrogens with two attached hydrogens (primary N) is 1. The summed E-state index contributed by atoms with van der Waals surface area (Å²) in [7, 11) is 0. The molecular formula is C17H17N3O3S. The van der Waals surface area contributed by atoms with Gasteiger partial charge in [0.25, 0.3) is 0 Å². The van der Waals surface area contributed by atoms with E-state index >= 15 is 0 Å². The number of amides is 2. The highest BCUT2D eigenvalue weighted by Crippen LogP contribution is 2.28. The Morgan fingerprint density at radius 3 is 2.71 bits per heavy atom. The second kappa shape index (κ2) is 8.13. The summed E-state index contributed by atoms with van der Waals surface area (Å²) in [5, 5.41) is 2.61. The summed E-state index contributed by atoms with van der Waals surface area (Å²) < 4.78 is 4.95. The molecule has 1 aromatic heterocycles. The lowest BCUT2D eigenvalue weighted by molar-refractivity contribution is -0.118. The Balaban J connectivity index is 2.14. The molecule has 0 radical (unpaired) electrons. The summed E-state index contributed by atoms with van der Waals surface area (Å²) in [6.45, 7) is 3.49. The number of primary amides is 1. The highest BCUT2D eigenvalue weighted by molar-refractivity contribution is 7.13. The van der Waals surface area contributed by atoms with E-state index in [4.69, 9.17) is 10.5 Å². The third-order valence-electron chi connectivity index (χ3n) is 3.14. The lowest BCUT2D eigenvalue weighted by Crippen LogP contribution is -2.19. The Kier molecular flexibility index (Phi) is 5.93. The van der Waals surface area contributed by atoms with Crippen LogP contribution in [0.1, 0.15) is 31.2 Å². The fourth-order valence-electron chi connectivity index (χ4n) is 1.98. The Morgan fingerprint density at radius 2 is 2.08 bits per heavy atom. The fraction of sp³-hybridized carbons (Fsp3) is 0.235. The second-order valence-corrected chi connectivity index (χ2v) is 5.80. The number of hydrogen-bond acceptors (Lipinski definition) is 5. The number of benzene rings is 1. The largest absolute Gasteiger partial charge is 0.442 e. The van der Waals surface area contributed by atoms with E-state index in [2.05, 4.69) is 22.1 Å². The summed E-state index contributed by atoms with van der Waals surface area (Å²) in [6, 6.07) is 7.58. The molecule has 0 aliphatic rings. The number of hydrogen-bond donors (Lipinski definition) is 2. The number of thiazole rings is 1. The first-order chi connectivity index (χ1) is 11.5. The van der Waals surface area contributed by atoms with E-state index in [1.165, 1.54) is 18.3 Å². The van der Waals surface area contributed by atoms with Crippen molar-refractivity contribution in [3.8, 4) is 22.3 Å². The number of nitrogens with one attached hydrogen (secondary N) is 1. The van der Waals surface area contributed by atoms with Gasteiger partial charge in [0, 0.05) is 6.92 Å². The number of nitrogens with zero attached hydrogens (tertiary/aromatic N) is 1. The van der Waals surface area contributed by atoms with E-state index in [9.17, 15) is 9.59 Å². The van der Waals surface area contributed by atoms with Gasteiger partial charge in [-0.15, -0.1) is 11.3 Å². The minimum atomic E-state index is -0.800. The molecule has 1 heterocycles. The van der Waals surface area contributed by atoms with Crippen LogP contribution in [0.15, 0.2) is 29.8 Å². The summed E-state index contributed by atoms with van der Waals surface area (Å²) in [5.74, 6) is 5.71. The first-order valence-electron chi connectivity index (χ1n) is 7.20. The second-order valence-electron chi connectivity index (χ2n) is 4.94. The predicted octanol–water partition coefficient (Wildman–Crippen LogP) is 2.45. The normalized spacial score (nSPS) is 11.1. The molecular weight excluding hydrogens is 326 g/mol. The quantitative estimate of drug-likeness (QED) is 0.834. The van der Waals surface area contributed by atoms with Gasteiger partial charge in [-0.1, -0.05) is 30.2 Å². The Labute approximate surface area is 144 Å². The Morgan fingerprint density at radius 1 is 1.38 bits per heavy atom. The molecule has 7 heteroatoms. The van der Waals surface area contributed by atoms with Crippen LogP contribution in [0.5, 0.6) is 0 Å². The maximum Gasteiger partial charge on any atom is 0.405 e. The maximum absolute atomic E-state index is 10.8.